The molecule has 1 aliphatic carbocycles. The van der Waals surface area contributed by atoms with E-state index in [0.717, 1.165) is 12.8 Å². The molecule has 2 amide bonds. The number of hydrogen-bond acceptors (Lipinski definition) is 5. The first-order valence-corrected chi connectivity index (χ1v) is 10.4. The van der Waals surface area contributed by atoms with Crippen molar-refractivity contribution in [2.75, 3.05) is 26.7 Å². The molecule has 0 spiro atoms. The highest BCUT2D eigenvalue weighted by molar-refractivity contribution is 14.0. The molecule has 0 aromatic heterocycles. The molecule has 1 saturated heterocycles. The van der Waals surface area contributed by atoms with Gasteiger partial charge < -0.3 is 25.4 Å². The van der Waals surface area contributed by atoms with Gasteiger partial charge in [-0.3, -0.25) is 14.7 Å². The minimum atomic E-state index is -0.766. The summed E-state index contributed by atoms with van der Waals surface area (Å²) in [6.07, 6.45) is 1.42. The molecule has 0 bridgehead atoms. The molecule has 9 nitrogen and oxygen atoms in total. The van der Waals surface area contributed by atoms with E-state index < -0.39 is 17.4 Å². The standard InChI is InChI=1S/C20H37N5O4.HI/c1-13-15(25(20(5,6)28-13)18(27)29-19(2,3)4)12-24-17(21-7)23-11-10-22-16(26)14-8-9-14;/h13-15H,8-12H2,1-7H3,(H,22,26)(H2,21,23,24);1H. The third-order valence-electron chi connectivity index (χ3n) is 4.89. The first kappa shape index (κ1) is 26.7. The first-order chi connectivity index (χ1) is 13.4. The van der Waals surface area contributed by atoms with E-state index in [9.17, 15) is 9.59 Å². The molecule has 0 aromatic carbocycles. The Labute approximate surface area is 197 Å². The van der Waals surface area contributed by atoms with E-state index in [0.29, 0.717) is 25.6 Å². The molecular weight excluding hydrogens is 501 g/mol. The van der Waals surface area contributed by atoms with E-state index in [2.05, 4.69) is 20.9 Å². The first-order valence-electron chi connectivity index (χ1n) is 10.4. The van der Waals surface area contributed by atoms with Crippen LogP contribution in [-0.2, 0) is 14.3 Å². The van der Waals surface area contributed by atoms with Crippen LogP contribution in [0.3, 0.4) is 0 Å². The van der Waals surface area contributed by atoms with Crippen LogP contribution in [0.1, 0.15) is 54.4 Å². The van der Waals surface area contributed by atoms with Crippen LogP contribution in [-0.4, -0.2) is 73.0 Å². The van der Waals surface area contributed by atoms with E-state index >= 15 is 0 Å². The molecule has 0 aromatic rings. The summed E-state index contributed by atoms with van der Waals surface area (Å²) in [6.45, 7) is 12.8. The lowest BCUT2D eigenvalue weighted by atomic mass is 10.1. The van der Waals surface area contributed by atoms with Crippen LogP contribution in [0.4, 0.5) is 4.79 Å². The summed E-state index contributed by atoms with van der Waals surface area (Å²) in [5, 5.41) is 9.33. The quantitative estimate of drug-likeness (QED) is 0.207. The average molecular weight is 539 g/mol. The molecule has 1 saturated carbocycles. The SMILES string of the molecule is CN=C(NCCNC(=O)C1CC1)NCC1C(C)OC(C)(C)N1C(=O)OC(C)(C)C.I. The van der Waals surface area contributed by atoms with Gasteiger partial charge in [-0.05, 0) is 54.4 Å². The Balaban J connectivity index is 0.00000450. The Morgan fingerprint density at radius 2 is 1.77 bits per heavy atom. The second-order valence-electron chi connectivity index (χ2n) is 9.13. The Kier molecular flexibility index (Phi) is 9.65. The number of aliphatic imine (C=N–C) groups is 1. The van der Waals surface area contributed by atoms with Crippen LogP contribution < -0.4 is 16.0 Å². The average Bonchev–Trinajstić information content (AvgIpc) is 3.38. The second-order valence-corrected chi connectivity index (χ2v) is 9.13. The monoisotopic (exact) mass is 539 g/mol. The van der Waals surface area contributed by atoms with Crippen LogP contribution in [0, 0.1) is 5.92 Å². The molecule has 30 heavy (non-hydrogen) atoms. The van der Waals surface area contributed by atoms with E-state index in [-0.39, 0.29) is 47.9 Å². The molecule has 3 N–H and O–H groups in total. The smallest absolute Gasteiger partial charge is 0.412 e. The zero-order valence-electron chi connectivity index (χ0n) is 19.2. The number of carbonyl (C=O) groups is 2. The number of nitrogens with one attached hydrogen (secondary N) is 3. The maximum Gasteiger partial charge on any atom is 0.412 e. The highest BCUT2D eigenvalue weighted by Gasteiger charge is 2.49. The van der Waals surface area contributed by atoms with Crippen molar-refractivity contribution < 1.29 is 19.1 Å². The highest BCUT2D eigenvalue weighted by atomic mass is 127. The van der Waals surface area contributed by atoms with Gasteiger partial charge in [-0.25, -0.2) is 4.79 Å². The fourth-order valence-electron chi connectivity index (χ4n) is 3.40. The van der Waals surface area contributed by atoms with Crippen molar-refractivity contribution in [2.24, 2.45) is 10.9 Å². The van der Waals surface area contributed by atoms with Crippen LogP contribution in [0.5, 0.6) is 0 Å². The van der Waals surface area contributed by atoms with Gasteiger partial charge in [0, 0.05) is 32.6 Å². The van der Waals surface area contributed by atoms with Crippen molar-refractivity contribution in [3.63, 3.8) is 0 Å². The number of hydrogen-bond donors (Lipinski definition) is 3. The van der Waals surface area contributed by atoms with Crippen molar-refractivity contribution in [3.05, 3.63) is 0 Å². The summed E-state index contributed by atoms with van der Waals surface area (Å²) in [4.78, 5) is 30.3. The zero-order valence-corrected chi connectivity index (χ0v) is 21.5. The molecule has 0 radical (unpaired) electrons. The molecule has 2 rings (SSSR count). The van der Waals surface area contributed by atoms with Gasteiger partial charge in [0.2, 0.25) is 5.91 Å². The third kappa shape index (κ3) is 7.75. The zero-order chi connectivity index (χ0) is 21.8. The lowest BCUT2D eigenvalue weighted by Crippen LogP contribution is -2.54. The molecule has 1 aliphatic heterocycles. The van der Waals surface area contributed by atoms with Gasteiger partial charge in [-0.2, -0.15) is 0 Å². The predicted molar refractivity (Wildman–Crippen MR) is 127 cm³/mol. The minimum absolute atomic E-state index is 0. The number of carbonyl (C=O) groups excluding carboxylic acids is 2. The summed E-state index contributed by atoms with van der Waals surface area (Å²) in [6, 6.07) is -0.215. The molecule has 2 fully saturated rings. The Morgan fingerprint density at radius 3 is 2.30 bits per heavy atom. The van der Waals surface area contributed by atoms with Crippen LogP contribution in [0.15, 0.2) is 4.99 Å². The third-order valence-corrected chi connectivity index (χ3v) is 4.89. The molecular formula is C20H38IN5O4. The molecule has 1 heterocycles. The molecule has 2 aliphatic rings. The molecule has 10 heteroatoms. The van der Waals surface area contributed by atoms with Crippen LogP contribution in [0.2, 0.25) is 0 Å². The lowest BCUT2D eigenvalue weighted by Gasteiger charge is -2.35. The van der Waals surface area contributed by atoms with Gasteiger partial charge >= 0.3 is 6.09 Å². The van der Waals surface area contributed by atoms with Crippen molar-refractivity contribution in [3.8, 4) is 0 Å². The number of ether oxygens (including phenoxy) is 2. The number of guanidine groups is 1. The fraction of sp³-hybridized carbons (Fsp3) is 0.850. The maximum absolute atomic E-state index is 12.8. The lowest BCUT2D eigenvalue weighted by molar-refractivity contribution is -0.122. The predicted octanol–water partition coefficient (Wildman–Crippen LogP) is 2.06. The van der Waals surface area contributed by atoms with Crippen LogP contribution in [0.25, 0.3) is 0 Å². The maximum atomic E-state index is 12.8. The number of halogens is 1. The van der Waals surface area contributed by atoms with Crippen molar-refractivity contribution in [1.29, 1.82) is 0 Å². The summed E-state index contributed by atoms with van der Waals surface area (Å²) in [5.41, 5.74) is -1.35. The molecule has 2 unspecified atom stereocenters. The van der Waals surface area contributed by atoms with Gasteiger partial charge in [0.15, 0.2) is 5.96 Å². The van der Waals surface area contributed by atoms with E-state index in [1.165, 1.54) is 0 Å². The summed E-state index contributed by atoms with van der Waals surface area (Å²) in [5.74, 6) is 0.937. The Morgan fingerprint density at radius 1 is 1.17 bits per heavy atom. The topological polar surface area (TPSA) is 104 Å². The Bertz CT molecular complexity index is 631. The normalized spacial score (nSPS) is 23.4. The Hall–Kier alpha value is -1.30. The summed E-state index contributed by atoms with van der Waals surface area (Å²) in [7, 11) is 1.68. The van der Waals surface area contributed by atoms with Crippen molar-refractivity contribution >= 4 is 41.9 Å². The minimum Gasteiger partial charge on any atom is -0.444 e. The molecule has 2 atom stereocenters. The highest BCUT2D eigenvalue weighted by Crippen LogP contribution is 2.33. The van der Waals surface area contributed by atoms with E-state index in [4.69, 9.17) is 9.47 Å². The van der Waals surface area contributed by atoms with Gasteiger partial charge in [0.05, 0.1) is 12.1 Å². The van der Waals surface area contributed by atoms with E-state index in [1.54, 1.807) is 11.9 Å². The molecule has 174 valence electrons. The van der Waals surface area contributed by atoms with Gasteiger partial charge in [0.25, 0.3) is 0 Å². The van der Waals surface area contributed by atoms with Gasteiger partial charge in [0.1, 0.15) is 11.3 Å². The number of nitrogens with zero attached hydrogens (tertiary/aromatic N) is 2. The summed E-state index contributed by atoms with van der Waals surface area (Å²) >= 11 is 0. The van der Waals surface area contributed by atoms with E-state index in [1.807, 2.05) is 41.5 Å². The summed E-state index contributed by atoms with van der Waals surface area (Å²) < 4.78 is 11.6. The fourth-order valence-corrected chi connectivity index (χ4v) is 3.40. The second kappa shape index (κ2) is 10.8. The largest absolute Gasteiger partial charge is 0.444 e. The number of amides is 2. The van der Waals surface area contributed by atoms with Gasteiger partial charge in [-0.1, -0.05) is 0 Å². The van der Waals surface area contributed by atoms with Crippen molar-refractivity contribution in [1.82, 2.24) is 20.9 Å². The van der Waals surface area contributed by atoms with Crippen LogP contribution >= 0.6 is 24.0 Å². The van der Waals surface area contributed by atoms with Gasteiger partial charge in [-0.15, -0.1) is 24.0 Å². The van der Waals surface area contributed by atoms with Crippen molar-refractivity contribution in [2.45, 2.75) is 77.9 Å². The number of rotatable bonds is 6.